The molecule has 0 aromatic heterocycles. The highest BCUT2D eigenvalue weighted by Crippen LogP contribution is 2.70. The number of allylic oxidation sites excluding steroid dienone is 4. The Hall–Kier alpha value is -3.83. The van der Waals surface area contributed by atoms with Gasteiger partial charge in [0, 0.05) is 23.7 Å². The zero-order chi connectivity index (χ0) is 35.8. The van der Waals surface area contributed by atoms with E-state index in [9.17, 15) is 49.4 Å². The molecule has 0 saturated heterocycles. The average molecular weight is 687 g/mol. The predicted octanol–water partition coefficient (Wildman–Crippen LogP) is 0.546. The van der Waals surface area contributed by atoms with Crippen molar-refractivity contribution in [3.63, 3.8) is 0 Å². The Labute approximate surface area is 273 Å². The summed E-state index contributed by atoms with van der Waals surface area (Å²) >= 11 is 0. The van der Waals surface area contributed by atoms with Crippen LogP contribution in [0.3, 0.4) is 0 Å². The number of carbonyl (C=O) groups is 5. The Morgan fingerprint density at radius 1 is 1.10 bits per heavy atom. The molecule has 0 spiro atoms. The van der Waals surface area contributed by atoms with Crippen LogP contribution in [0.2, 0.25) is 0 Å². The Morgan fingerprint density at radius 2 is 1.77 bits per heavy atom. The number of alkyl halides is 2. The van der Waals surface area contributed by atoms with Gasteiger partial charge in [-0.2, -0.15) is 0 Å². The number of Topliss-reactive ketones (excluding diaryl/α,β-unsaturated/α-hetero) is 1. The summed E-state index contributed by atoms with van der Waals surface area (Å²) < 4.78 is 42.9. The van der Waals surface area contributed by atoms with Crippen molar-refractivity contribution in [1.29, 1.82) is 0 Å². The first kappa shape index (κ1) is 37.0. The minimum Gasteiger partial charge on any atom is -0.464 e. The summed E-state index contributed by atoms with van der Waals surface area (Å²) in [7, 11) is 0. The monoisotopic (exact) mass is 686 g/mol. The summed E-state index contributed by atoms with van der Waals surface area (Å²) in [6.45, 7) is 2.28. The summed E-state index contributed by atoms with van der Waals surface area (Å²) in [5.74, 6) is -6.90. The van der Waals surface area contributed by atoms with Crippen LogP contribution in [0.1, 0.15) is 59.3 Å². The molecular formula is C31H40F2N2O13. The number of fused-ring (bicyclic) bond motifs is 5. The second-order valence-corrected chi connectivity index (χ2v) is 13.3. The largest absolute Gasteiger partial charge is 0.464 e. The third kappa shape index (κ3) is 6.22. The van der Waals surface area contributed by atoms with Crippen molar-refractivity contribution in [2.75, 3.05) is 19.8 Å². The molecule has 0 aromatic carbocycles. The minimum absolute atomic E-state index is 0.114. The number of hydrogen-bond donors (Lipinski definition) is 4. The van der Waals surface area contributed by atoms with Gasteiger partial charge >= 0.3 is 11.9 Å². The highest BCUT2D eigenvalue weighted by atomic mass is 19.1. The van der Waals surface area contributed by atoms with E-state index in [0.29, 0.717) is 0 Å². The molecule has 0 aliphatic heterocycles. The van der Waals surface area contributed by atoms with Crippen molar-refractivity contribution in [2.24, 2.45) is 22.7 Å². The zero-order valence-electron chi connectivity index (χ0n) is 26.7. The van der Waals surface area contributed by atoms with Gasteiger partial charge in [-0.05, 0) is 62.7 Å². The summed E-state index contributed by atoms with van der Waals surface area (Å²) in [5, 5.41) is 45.7. The van der Waals surface area contributed by atoms with Crippen LogP contribution in [0.15, 0.2) is 23.8 Å². The number of amides is 1. The number of aliphatic hydroxyl groups excluding tert-OH is 2. The number of ether oxygens (including phenoxy) is 2. The number of hydrogen-bond acceptors (Lipinski definition) is 13. The number of unbranched alkanes of at least 4 members (excludes halogenated alkanes) is 1. The van der Waals surface area contributed by atoms with Gasteiger partial charge in [-0.3, -0.25) is 19.2 Å². The number of nitrogens with zero attached hydrogens (tertiary/aromatic N) is 1. The molecule has 1 amide bonds. The lowest BCUT2D eigenvalue weighted by Crippen LogP contribution is -2.71. The molecule has 3 saturated carbocycles. The fourth-order valence-electron chi connectivity index (χ4n) is 8.26. The maximum Gasteiger partial charge on any atom is 0.329 e. The molecule has 1 unspecified atom stereocenters. The lowest BCUT2D eigenvalue weighted by Gasteiger charge is -2.62. The quantitative estimate of drug-likeness (QED) is 0.0899. The van der Waals surface area contributed by atoms with Crippen LogP contribution in [0, 0.1) is 32.8 Å². The van der Waals surface area contributed by atoms with Crippen LogP contribution in [0.4, 0.5) is 8.78 Å². The number of ketones is 2. The number of carbonyl (C=O) groups excluding carboxylic acids is 5. The predicted molar refractivity (Wildman–Crippen MR) is 156 cm³/mol. The van der Waals surface area contributed by atoms with E-state index in [1.165, 1.54) is 19.9 Å². The molecule has 48 heavy (non-hydrogen) atoms. The molecule has 4 N–H and O–H groups in total. The number of aliphatic hydroxyl groups is 3. The van der Waals surface area contributed by atoms with Gasteiger partial charge in [-0.25, -0.2) is 13.6 Å². The van der Waals surface area contributed by atoms with E-state index in [2.05, 4.69) is 10.2 Å². The molecule has 0 radical (unpaired) electrons. The van der Waals surface area contributed by atoms with Gasteiger partial charge < -0.3 is 34.9 Å². The lowest BCUT2D eigenvalue weighted by atomic mass is 9.44. The van der Waals surface area contributed by atoms with Crippen LogP contribution in [0.25, 0.3) is 0 Å². The third-order valence-corrected chi connectivity index (χ3v) is 10.7. The molecule has 4 aliphatic rings. The molecular weight excluding hydrogens is 646 g/mol. The normalized spacial score (nSPS) is 37.2. The Bertz CT molecular complexity index is 1420. The van der Waals surface area contributed by atoms with Gasteiger partial charge in [0.1, 0.15) is 12.2 Å². The van der Waals surface area contributed by atoms with Gasteiger partial charge in [-0.1, -0.05) is 13.0 Å². The first-order valence-electron chi connectivity index (χ1n) is 15.6. The van der Waals surface area contributed by atoms with E-state index < -0.39 is 119 Å². The lowest BCUT2D eigenvalue weighted by molar-refractivity contribution is -0.757. The van der Waals surface area contributed by atoms with Crippen molar-refractivity contribution < 1.29 is 67.5 Å². The first-order chi connectivity index (χ1) is 22.3. The summed E-state index contributed by atoms with van der Waals surface area (Å²) in [6, 6.07) is -1.53. The average Bonchev–Trinajstić information content (AvgIpc) is 3.20. The summed E-state index contributed by atoms with van der Waals surface area (Å²) in [4.78, 5) is 76.7. The van der Waals surface area contributed by atoms with Crippen LogP contribution in [0.5, 0.6) is 0 Å². The third-order valence-electron chi connectivity index (χ3n) is 10.7. The molecule has 3 fully saturated rings. The Morgan fingerprint density at radius 3 is 2.42 bits per heavy atom. The van der Waals surface area contributed by atoms with Gasteiger partial charge in [0.05, 0.1) is 31.8 Å². The highest BCUT2D eigenvalue weighted by molar-refractivity contribution is 6.01. The van der Waals surface area contributed by atoms with E-state index in [0.717, 1.165) is 19.1 Å². The molecule has 266 valence electrons. The molecule has 0 heterocycles. The van der Waals surface area contributed by atoms with Gasteiger partial charge in [-0.15, -0.1) is 10.1 Å². The smallest absolute Gasteiger partial charge is 0.329 e. The standard InChI is InChI=1S/C31H40F2N2O13/c1-16(36)34-22(27(42)46-8-4-5-9-48-35(44)45)13-26(41)47-15-25(40)31(43)23(38)12-18-19-11-21(32)20-10-17(37)6-7-28(20,2)30(19,33)24(39)14-29(18,31)3/h6-7,10,18-19,21-24,38-39,43H,4-5,8-9,11-15H2,1-3H3,(H,34,36)/t18-,19-,21-,22?,23-,24-,28-,29-,30-,31-/m0/s1. The Balaban J connectivity index is 1.44. The van der Waals surface area contributed by atoms with Crippen molar-refractivity contribution in [3.05, 3.63) is 33.9 Å². The van der Waals surface area contributed by atoms with Crippen molar-refractivity contribution in [2.45, 2.75) is 95.0 Å². The van der Waals surface area contributed by atoms with Gasteiger partial charge in [0.25, 0.3) is 5.09 Å². The molecule has 17 heteroatoms. The van der Waals surface area contributed by atoms with Crippen LogP contribution in [-0.4, -0.2) is 105 Å². The first-order valence-corrected chi connectivity index (χ1v) is 15.6. The number of nitrogens with one attached hydrogen (secondary N) is 1. The molecule has 15 nitrogen and oxygen atoms in total. The van der Waals surface area contributed by atoms with Crippen LogP contribution >= 0.6 is 0 Å². The summed E-state index contributed by atoms with van der Waals surface area (Å²) in [6.07, 6.45) is -3.88. The second-order valence-electron chi connectivity index (χ2n) is 13.3. The van der Waals surface area contributed by atoms with Gasteiger partial charge in [0.15, 0.2) is 23.7 Å². The van der Waals surface area contributed by atoms with E-state index >= 15 is 8.78 Å². The maximum absolute atomic E-state index is 17.3. The van der Waals surface area contributed by atoms with E-state index in [-0.39, 0.29) is 38.0 Å². The summed E-state index contributed by atoms with van der Waals surface area (Å²) in [5.41, 5.74) is -8.70. The highest BCUT2D eigenvalue weighted by Gasteiger charge is 2.77. The van der Waals surface area contributed by atoms with Crippen molar-refractivity contribution in [1.82, 2.24) is 5.32 Å². The number of halogens is 2. The second kappa shape index (κ2) is 13.6. The number of rotatable bonds is 13. The van der Waals surface area contributed by atoms with E-state index in [4.69, 9.17) is 9.47 Å². The minimum atomic E-state index is -2.66. The fourth-order valence-corrected chi connectivity index (χ4v) is 8.26. The van der Waals surface area contributed by atoms with E-state index in [1.54, 1.807) is 0 Å². The van der Waals surface area contributed by atoms with E-state index in [1.807, 2.05) is 0 Å². The molecule has 0 bridgehead atoms. The maximum atomic E-state index is 17.3. The van der Waals surface area contributed by atoms with Crippen molar-refractivity contribution in [3.8, 4) is 0 Å². The fraction of sp³-hybridized carbons (Fsp3) is 0.710. The van der Waals surface area contributed by atoms with Crippen molar-refractivity contribution >= 4 is 29.4 Å². The topological polar surface area (TPSA) is 229 Å². The SMILES string of the molecule is CC(=O)NC(CC(=O)OCC(=O)[C@@]1(O)[C@@H](O)C[C@H]2[C@@H]3C[C@H](F)C4=CC(=O)C=C[C@]4(C)[C@@]3(F)[C@@H](O)C[C@@]21C)C(=O)OCCCCO[N+](=O)[O-]. The van der Waals surface area contributed by atoms with Crippen LogP contribution < -0.4 is 5.32 Å². The number of esters is 2. The zero-order valence-corrected chi connectivity index (χ0v) is 26.7. The van der Waals surface area contributed by atoms with Crippen LogP contribution in [-0.2, 0) is 38.3 Å². The molecule has 4 rings (SSSR count). The molecule has 0 aromatic rings. The van der Waals surface area contributed by atoms with Gasteiger partial charge in [0.2, 0.25) is 11.7 Å². The molecule has 10 atom stereocenters. The Kier molecular flexibility index (Phi) is 10.5. The molecule has 4 aliphatic carbocycles.